The van der Waals surface area contributed by atoms with Crippen molar-refractivity contribution in [2.45, 2.75) is 0 Å². The van der Waals surface area contributed by atoms with Crippen LogP contribution >= 0.6 is 11.9 Å². The Balaban J connectivity index is 2.55. The monoisotopic (exact) mass is 144 g/mol. The molecule has 1 aliphatic rings. The lowest BCUT2D eigenvalue weighted by atomic mass is 10.5. The van der Waals surface area contributed by atoms with Crippen molar-refractivity contribution >= 4 is 18.2 Å². The molecule has 0 aromatic rings. The molecule has 0 fully saturated rings. The van der Waals surface area contributed by atoms with Crippen molar-refractivity contribution in [3.8, 4) is 0 Å². The summed E-state index contributed by atoms with van der Waals surface area (Å²) in [5.74, 6) is 0. The summed E-state index contributed by atoms with van der Waals surface area (Å²) in [5, 5.41) is 3.75. The fraction of sp³-hybridized carbons (Fsp3) is 0.250. The van der Waals surface area contributed by atoms with E-state index in [1.54, 1.807) is 16.8 Å². The second-order valence-corrected chi connectivity index (χ2v) is 2.25. The third-order valence-corrected chi connectivity index (χ3v) is 1.41. The van der Waals surface area contributed by atoms with Crippen molar-refractivity contribution in [1.82, 2.24) is 9.95 Å². The Kier molecular flexibility index (Phi) is 1.84. The SMILES string of the molecule is CSN1C=C(N)C=NN1. The Hall–Kier alpha value is -0.840. The first kappa shape index (κ1) is 6.28. The van der Waals surface area contributed by atoms with E-state index in [1.165, 1.54) is 11.9 Å². The number of hydrazone groups is 1. The van der Waals surface area contributed by atoms with Crippen LogP contribution in [-0.4, -0.2) is 16.9 Å². The number of allylic oxidation sites excluding steroid dienone is 1. The highest BCUT2D eigenvalue weighted by Gasteiger charge is 1.98. The van der Waals surface area contributed by atoms with E-state index < -0.39 is 0 Å². The first-order chi connectivity index (χ1) is 4.33. The smallest absolute Gasteiger partial charge is 0.0734 e. The molecule has 0 unspecified atom stereocenters. The summed E-state index contributed by atoms with van der Waals surface area (Å²) in [6.07, 6.45) is 5.25. The average Bonchev–Trinajstić information content (AvgIpc) is 1.88. The van der Waals surface area contributed by atoms with E-state index >= 15 is 0 Å². The van der Waals surface area contributed by atoms with E-state index in [9.17, 15) is 0 Å². The molecule has 1 rings (SSSR count). The number of rotatable bonds is 1. The van der Waals surface area contributed by atoms with Gasteiger partial charge < -0.3 is 5.73 Å². The molecule has 0 atom stereocenters. The molecule has 1 aliphatic heterocycles. The van der Waals surface area contributed by atoms with Crippen LogP contribution in [0.5, 0.6) is 0 Å². The molecule has 0 aliphatic carbocycles. The average molecular weight is 144 g/mol. The number of nitrogens with two attached hydrogens (primary N) is 1. The maximum absolute atomic E-state index is 5.42. The minimum absolute atomic E-state index is 0.656. The van der Waals surface area contributed by atoms with Gasteiger partial charge in [0.15, 0.2) is 0 Å². The summed E-state index contributed by atoms with van der Waals surface area (Å²) in [5.41, 5.74) is 8.78. The molecular formula is C4H8N4S. The summed E-state index contributed by atoms with van der Waals surface area (Å²) in [4.78, 5) is 0. The Morgan fingerprint density at radius 3 is 3.11 bits per heavy atom. The minimum Gasteiger partial charge on any atom is -0.396 e. The van der Waals surface area contributed by atoms with Crippen molar-refractivity contribution < 1.29 is 0 Å². The molecule has 0 bridgehead atoms. The molecule has 0 aromatic carbocycles. The van der Waals surface area contributed by atoms with Gasteiger partial charge in [-0.25, -0.2) is 9.95 Å². The maximum atomic E-state index is 5.42. The number of nitrogens with zero attached hydrogens (tertiary/aromatic N) is 2. The highest BCUT2D eigenvalue weighted by Crippen LogP contribution is 2.04. The van der Waals surface area contributed by atoms with Crippen LogP contribution in [0.25, 0.3) is 0 Å². The van der Waals surface area contributed by atoms with Gasteiger partial charge >= 0.3 is 0 Å². The summed E-state index contributed by atoms with van der Waals surface area (Å²) < 4.78 is 1.72. The van der Waals surface area contributed by atoms with Gasteiger partial charge in [0.2, 0.25) is 0 Å². The number of nitrogens with one attached hydrogen (secondary N) is 1. The predicted molar refractivity (Wildman–Crippen MR) is 39.3 cm³/mol. The van der Waals surface area contributed by atoms with Crippen LogP contribution < -0.4 is 11.3 Å². The third-order valence-electron chi connectivity index (χ3n) is 0.833. The second-order valence-electron chi connectivity index (χ2n) is 1.50. The predicted octanol–water partition coefficient (Wildman–Crippen LogP) is -0.129. The number of hydrogen-bond acceptors (Lipinski definition) is 5. The lowest BCUT2D eigenvalue weighted by Gasteiger charge is -2.17. The molecule has 0 saturated carbocycles. The van der Waals surface area contributed by atoms with Gasteiger partial charge in [0.25, 0.3) is 0 Å². The van der Waals surface area contributed by atoms with Gasteiger partial charge in [-0.1, -0.05) is 0 Å². The molecular weight excluding hydrogens is 136 g/mol. The van der Waals surface area contributed by atoms with Crippen molar-refractivity contribution in [1.29, 1.82) is 0 Å². The first-order valence-electron chi connectivity index (χ1n) is 2.42. The van der Waals surface area contributed by atoms with E-state index in [-0.39, 0.29) is 0 Å². The third kappa shape index (κ3) is 1.53. The maximum Gasteiger partial charge on any atom is 0.0734 e. The van der Waals surface area contributed by atoms with E-state index in [1.807, 2.05) is 6.26 Å². The Bertz CT molecular complexity index is 153. The lowest BCUT2D eigenvalue weighted by Crippen LogP contribution is -2.27. The Morgan fingerprint density at radius 1 is 1.89 bits per heavy atom. The van der Waals surface area contributed by atoms with Crippen LogP contribution in [0.3, 0.4) is 0 Å². The van der Waals surface area contributed by atoms with Crippen molar-refractivity contribution in [2.24, 2.45) is 10.8 Å². The highest BCUT2D eigenvalue weighted by molar-refractivity contribution is 7.96. The van der Waals surface area contributed by atoms with Crippen LogP contribution in [0.4, 0.5) is 0 Å². The number of hydrazine groups is 1. The summed E-state index contributed by atoms with van der Waals surface area (Å²) in [6, 6.07) is 0. The first-order valence-corrected chi connectivity index (χ1v) is 3.60. The normalized spacial score (nSPS) is 17.0. The number of hydrogen-bond donors (Lipinski definition) is 2. The van der Waals surface area contributed by atoms with Gasteiger partial charge in [0, 0.05) is 6.26 Å². The van der Waals surface area contributed by atoms with Gasteiger partial charge in [-0.15, -0.1) is 0 Å². The van der Waals surface area contributed by atoms with Gasteiger partial charge in [0.05, 0.1) is 18.1 Å². The lowest BCUT2D eigenvalue weighted by molar-refractivity contribution is 0.464. The van der Waals surface area contributed by atoms with Gasteiger partial charge in [-0.2, -0.15) is 5.10 Å². The molecule has 0 aromatic heterocycles. The molecule has 3 N–H and O–H groups in total. The van der Waals surface area contributed by atoms with Crippen LogP contribution in [0.15, 0.2) is 17.0 Å². The topological polar surface area (TPSA) is 53.6 Å². The molecule has 9 heavy (non-hydrogen) atoms. The zero-order valence-corrected chi connectivity index (χ0v) is 5.85. The van der Waals surface area contributed by atoms with Crippen LogP contribution in [0.1, 0.15) is 0 Å². The van der Waals surface area contributed by atoms with Gasteiger partial charge in [-0.05, 0) is 11.9 Å². The summed E-state index contributed by atoms with van der Waals surface area (Å²) in [6.45, 7) is 0. The molecule has 5 heteroatoms. The summed E-state index contributed by atoms with van der Waals surface area (Å²) in [7, 11) is 0. The Labute approximate surface area is 57.9 Å². The van der Waals surface area contributed by atoms with Gasteiger partial charge in [0.1, 0.15) is 0 Å². The fourth-order valence-corrected chi connectivity index (χ4v) is 0.807. The van der Waals surface area contributed by atoms with Crippen LogP contribution in [0.2, 0.25) is 0 Å². The molecule has 0 radical (unpaired) electrons. The van der Waals surface area contributed by atoms with Crippen molar-refractivity contribution in [2.75, 3.05) is 6.26 Å². The van der Waals surface area contributed by atoms with Crippen LogP contribution in [-0.2, 0) is 0 Å². The van der Waals surface area contributed by atoms with Gasteiger partial charge in [-0.3, -0.25) is 0 Å². The quantitative estimate of drug-likeness (QED) is 0.503. The minimum atomic E-state index is 0.656. The fourth-order valence-electron chi connectivity index (χ4n) is 0.451. The standard InChI is InChI=1S/C4H8N4S/c1-9-8-3-4(5)2-6-7-8/h2-3,7H,5H2,1H3. The summed E-state index contributed by atoms with van der Waals surface area (Å²) >= 11 is 1.50. The Morgan fingerprint density at radius 2 is 2.67 bits per heavy atom. The van der Waals surface area contributed by atoms with Crippen LogP contribution in [0, 0.1) is 0 Å². The van der Waals surface area contributed by atoms with E-state index in [2.05, 4.69) is 10.6 Å². The molecule has 0 spiro atoms. The zero-order valence-electron chi connectivity index (χ0n) is 5.03. The van der Waals surface area contributed by atoms with E-state index in [0.717, 1.165) is 0 Å². The molecule has 0 saturated heterocycles. The van der Waals surface area contributed by atoms with Crippen molar-refractivity contribution in [3.63, 3.8) is 0 Å². The zero-order chi connectivity index (χ0) is 6.69. The van der Waals surface area contributed by atoms with E-state index in [4.69, 9.17) is 5.73 Å². The molecule has 4 nitrogen and oxygen atoms in total. The molecule has 1 heterocycles. The molecule has 50 valence electrons. The second kappa shape index (κ2) is 2.63. The highest BCUT2D eigenvalue weighted by atomic mass is 32.2. The largest absolute Gasteiger partial charge is 0.396 e. The van der Waals surface area contributed by atoms with E-state index in [0.29, 0.717) is 5.70 Å². The molecule has 0 amide bonds. The van der Waals surface area contributed by atoms with Crippen molar-refractivity contribution in [3.05, 3.63) is 11.9 Å².